The van der Waals surface area contributed by atoms with Gasteiger partial charge in [-0.05, 0) is 36.2 Å². The van der Waals surface area contributed by atoms with E-state index in [0.29, 0.717) is 42.1 Å². The molecular formula is C21H16FN3O3. The fourth-order valence-electron chi connectivity index (χ4n) is 3.71. The minimum atomic E-state index is -0.605. The van der Waals surface area contributed by atoms with Gasteiger partial charge in [0.15, 0.2) is 11.3 Å². The highest BCUT2D eigenvalue weighted by atomic mass is 19.1. The molecule has 0 radical (unpaired) electrons. The Morgan fingerprint density at radius 2 is 1.93 bits per heavy atom. The lowest BCUT2D eigenvalue weighted by Gasteiger charge is -2.23. The number of pyridine rings is 1. The fraction of sp³-hybridized carbons (Fsp3) is 0.190. The first kappa shape index (κ1) is 16.8. The lowest BCUT2D eigenvalue weighted by atomic mass is 9.79. The van der Waals surface area contributed by atoms with Crippen LogP contribution in [-0.2, 0) is 10.2 Å². The standard InChI is InChI=1S/C21H16FN3O3/c22-14-7-5-13(6-8-14)21(9-10-27-12-21)20-24-19(28-25-20)17-11-18(26)15-3-1-2-4-16(15)23-17/h1-8,11H,9-10,12H2,(H,23,26)/t21-/m0/s1. The summed E-state index contributed by atoms with van der Waals surface area (Å²) in [6.07, 6.45) is 0.659. The van der Waals surface area contributed by atoms with E-state index >= 15 is 0 Å². The van der Waals surface area contributed by atoms with Gasteiger partial charge in [-0.3, -0.25) is 4.79 Å². The third-order valence-electron chi connectivity index (χ3n) is 5.24. The van der Waals surface area contributed by atoms with Crippen LogP contribution in [0, 0.1) is 5.82 Å². The number of hydrogen-bond acceptors (Lipinski definition) is 5. The topological polar surface area (TPSA) is 81.0 Å². The van der Waals surface area contributed by atoms with Crippen LogP contribution in [0.3, 0.4) is 0 Å². The van der Waals surface area contributed by atoms with Gasteiger partial charge in [0.25, 0.3) is 5.89 Å². The van der Waals surface area contributed by atoms with Crippen LogP contribution in [0.4, 0.5) is 4.39 Å². The summed E-state index contributed by atoms with van der Waals surface area (Å²) in [4.78, 5) is 20.1. The number of nitrogens with zero attached hydrogens (tertiary/aromatic N) is 2. The van der Waals surface area contributed by atoms with Gasteiger partial charge in [-0.25, -0.2) is 4.39 Å². The quantitative estimate of drug-likeness (QED) is 0.592. The van der Waals surface area contributed by atoms with Crippen molar-refractivity contribution in [3.8, 4) is 11.6 Å². The summed E-state index contributed by atoms with van der Waals surface area (Å²) in [6, 6.07) is 15.0. The van der Waals surface area contributed by atoms with Gasteiger partial charge in [0.2, 0.25) is 0 Å². The van der Waals surface area contributed by atoms with Crippen molar-refractivity contribution < 1.29 is 13.7 Å². The molecule has 6 nitrogen and oxygen atoms in total. The van der Waals surface area contributed by atoms with Gasteiger partial charge in [-0.1, -0.05) is 29.4 Å². The molecule has 0 bridgehead atoms. The molecule has 1 fully saturated rings. The molecule has 1 saturated heterocycles. The van der Waals surface area contributed by atoms with Crippen LogP contribution in [0.25, 0.3) is 22.5 Å². The molecule has 3 heterocycles. The van der Waals surface area contributed by atoms with Crippen molar-refractivity contribution in [1.82, 2.24) is 15.1 Å². The summed E-state index contributed by atoms with van der Waals surface area (Å²) in [5, 5.41) is 4.77. The second-order valence-corrected chi connectivity index (χ2v) is 6.91. The molecule has 0 unspecified atom stereocenters. The molecule has 1 atom stereocenters. The first-order valence-electron chi connectivity index (χ1n) is 8.96. The largest absolute Gasteiger partial charge is 0.380 e. The van der Waals surface area contributed by atoms with Gasteiger partial charge in [0, 0.05) is 23.6 Å². The van der Waals surface area contributed by atoms with Crippen molar-refractivity contribution >= 4 is 10.9 Å². The predicted octanol–water partition coefficient (Wildman–Crippen LogP) is 3.42. The highest BCUT2D eigenvalue weighted by Crippen LogP contribution is 2.39. The monoisotopic (exact) mass is 377 g/mol. The molecule has 140 valence electrons. The molecule has 2 aromatic carbocycles. The Morgan fingerprint density at radius 3 is 2.71 bits per heavy atom. The van der Waals surface area contributed by atoms with E-state index in [1.807, 2.05) is 18.2 Å². The Hall–Kier alpha value is -3.32. The van der Waals surface area contributed by atoms with Crippen molar-refractivity contribution in [2.45, 2.75) is 11.8 Å². The average Bonchev–Trinajstić information content (AvgIpc) is 3.39. The maximum atomic E-state index is 13.4. The number of H-pyrrole nitrogens is 1. The molecule has 0 spiro atoms. The summed E-state index contributed by atoms with van der Waals surface area (Å²) in [7, 11) is 0. The third-order valence-corrected chi connectivity index (χ3v) is 5.24. The van der Waals surface area contributed by atoms with E-state index in [4.69, 9.17) is 9.26 Å². The minimum Gasteiger partial charge on any atom is -0.380 e. The Bertz CT molecular complexity index is 1210. The Morgan fingerprint density at radius 1 is 1.11 bits per heavy atom. The molecule has 0 saturated carbocycles. The second-order valence-electron chi connectivity index (χ2n) is 6.91. The summed E-state index contributed by atoms with van der Waals surface area (Å²) in [5.41, 5.74) is 1.29. The van der Waals surface area contributed by atoms with Gasteiger partial charge in [0.05, 0.1) is 12.0 Å². The highest BCUT2D eigenvalue weighted by Gasteiger charge is 2.43. The van der Waals surface area contributed by atoms with E-state index in [1.54, 1.807) is 18.2 Å². The van der Waals surface area contributed by atoms with Crippen LogP contribution in [0.5, 0.6) is 0 Å². The zero-order valence-corrected chi connectivity index (χ0v) is 14.8. The SMILES string of the molecule is O=c1cc(-c2nc([C@@]3(c4ccc(F)cc4)CCOC3)no2)[nH]c2ccccc12. The van der Waals surface area contributed by atoms with Crippen LogP contribution in [0.2, 0.25) is 0 Å². The average molecular weight is 377 g/mol. The van der Waals surface area contributed by atoms with E-state index in [9.17, 15) is 9.18 Å². The minimum absolute atomic E-state index is 0.124. The van der Waals surface area contributed by atoms with Gasteiger partial charge >= 0.3 is 0 Å². The van der Waals surface area contributed by atoms with Crippen molar-refractivity contribution in [2.75, 3.05) is 13.2 Å². The number of ether oxygens (including phenoxy) is 1. The molecular weight excluding hydrogens is 361 g/mol. The first-order chi connectivity index (χ1) is 13.7. The van der Waals surface area contributed by atoms with Gasteiger partial charge in [-0.2, -0.15) is 4.98 Å². The molecule has 28 heavy (non-hydrogen) atoms. The van der Waals surface area contributed by atoms with Gasteiger partial charge in [-0.15, -0.1) is 0 Å². The molecule has 2 aromatic heterocycles. The lowest BCUT2D eigenvalue weighted by molar-refractivity contribution is 0.182. The summed E-state index contributed by atoms with van der Waals surface area (Å²) < 4.78 is 24.5. The number of hydrogen-bond donors (Lipinski definition) is 1. The number of rotatable bonds is 3. The van der Waals surface area contributed by atoms with Crippen LogP contribution in [0.15, 0.2) is 63.9 Å². The van der Waals surface area contributed by atoms with Gasteiger partial charge < -0.3 is 14.2 Å². The number of para-hydroxylation sites is 1. The smallest absolute Gasteiger partial charge is 0.274 e. The number of benzene rings is 2. The van der Waals surface area contributed by atoms with E-state index in [2.05, 4.69) is 15.1 Å². The molecule has 4 aromatic rings. The number of aromatic amines is 1. The van der Waals surface area contributed by atoms with E-state index < -0.39 is 5.41 Å². The Labute approximate surface area is 159 Å². The van der Waals surface area contributed by atoms with Crippen LogP contribution < -0.4 is 5.43 Å². The van der Waals surface area contributed by atoms with E-state index in [0.717, 1.165) is 5.56 Å². The molecule has 0 aliphatic carbocycles. The Balaban J connectivity index is 1.60. The van der Waals surface area contributed by atoms with E-state index in [-0.39, 0.29) is 17.1 Å². The first-order valence-corrected chi connectivity index (χ1v) is 8.96. The normalized spacial score (nSPS) is 19.3. The maximum Gasteiger partial charge on any atom is 0.274 e. The number of nitrogens with one attached hydrogen (secondary N) is 1. The molecule has 5 rings (SSSR count). The third kappa shape index (κ3) is 2.63. The number of aromatic nitrogens is 3. The van der Waals surface area contributed by atoms with Crippen LogP contribution in [-0.4, -0.2) is 28.3 Å². The molecule has 7 heteroatoms. The maximum absolute atomic E-state index is 13.4. The summed E-state index contributed by atoms with van der Waals surface area (Å²) >= 11 is 0. The zero-order chi connectivity index (χ0) is 19.1. The van der Waals surface area contributed by atoms with E-state index in [1.165, 1.54) is 18.2 Å². The van der Waals surface area contributed by atoms with Crippen LogP contribution >= 0.6 is 0 Å². The van der Waals surface area contributed by atoms with Crippen molar-refractivity contribution in [3.05, 3.63) is 82.0 Å². The Kier molecular flexibility index (Phi) is 3.84. The molecule has 1 aliphatic rings. The fourth-order valence-corrected chi connectivity index (χ4v) is 3.71. The second kappa shape index (κ2) is 6.38. The van der Waals surface area contributed by atoms with Crippen LogP contribution in [0.1, 0.15) is 17.8 Å². The number of fused-ring (bicyclic) bond motifs is 1. The summed E-state index contributed by atoms with van der Waals surface area (Å²) in [5.74, 6) is 0.382. The van der Waals surface area contributed by atoms with Crippen molar-refractivity contribution in [2.24, 2.45) is 0 Å². The predicted molar refractivity (Wildman–Crippen MR) is 100 cm³/mol. The molecule has 1 N–H and O–H groups in total. The lowest BCUT2D eigenvalue weighted by Crippen LogP contribution is -2.29. The highest BCUT2D eigenvalue weighted by molar-refractivity contribution is 5.80. The molecule has 1 aliphatic heterocycles. The summed E-state index contributed by atoms with van der Waals surface area (Å²) in [6.45, 7) is 0.930. The van der Waals surface area contributed by atoms with Crippen molar-refractivity contribution in [3.63, 3.8) is 0 Å². The van der Waals surface area contributed by atoms with Gasteiger partial charge in [0.1, 0.15) is 11.5 Å². The van der Waals surface area contributed by atoms with Crippen molar-refractivity contribution in [1.29, 1.82) is 0 Å². The number of halogens is 1. The molecule has 0 amide bonds. The zero-order valence-electron chi connectivity index (χ0n) is 14.8.